The van der Waals surface area contributed by atoms with Gasteiger partial charge in [-0.25, -0.2) is 28.7 Å². The van der Waals surface area contributed by atoms with Gasteiger partial charge in [-0.1, -0.05) is 18.2 Å². The van der Waals surface area contributed by atoms with Gasteiger partial charge < -0.3 is 20.6 Å². The number of hydrogen-bond acceptors (Lipinski definition) is 7. The minimum atomic E-state index is -1.37. The third-order valence-corrected chi connectivity index (χ3v) is 6.61. The van der Waals surface area contributed by atoms with Crippen molar-refractivity contribution in [2.75, 3.05) is 11.1 Å². The molecule has 0 aliphatic carbocycles. The molecular formula is C26H19F2N7O2. The van der Waals surface area contributed by atoms with Crippen molar-refractivity contribution in [3.8, 4) is 17.3 Å². The highest BCUT2D eigenvalue weighted by Gasteiger charge is 2.48. The van der Waals surface area contributed by atoms with E-state index in [9.17, 15) is 18.7 Å². The van der Waals surface area contributed by atoms with Gasteiger partial charge in [-0.2, -0.15) is 0 Å². The highest BCUT2D eigenvalue weighted by atomic mass is 19.1. The van der Waals surface area contributed by atoms with E-state index in [1.165, 1.54) is 24.3 Å². The number of halogens is 2. The van der Waals surface area contributed by atoms with Gasteiger partial charge >= 0.3 is 0 Å². The van der Waals surface area contributed by atoms with E-state index in [1.54, 1.807) is 42.0 Å². The molecule has 4 heterocycles. The predicted octanol–water partition coefficient (Wildman–Crippen LogP) is 3.60. The second-order valence-electron chi connectivity index (χ2n) is 8.94. The Hall–Kier alpha value is -4.93. The number of nitrogens with one attached hydrogen (secondary N) is 1. The molecule has 4 N–H and O–H groups in total. The topological polar surface area (TPSA) is 131 Å². The minimum Gasteiger partial charge on any atom is -0.505 e. The van der Waals surface area contributed by atoms with Crippen molar-refractivity contribution >= 4 is 23.2 Å². The summed E-state index contributed by atoms with van der Waals surface area (Å²) in [5.41, 5.74) is 8.05. The van der Waals surface area contributed by atoms with Crippen LogP contribution in [-0.4, -0.2) is 35.4 Å². The van der Waals surface area contributed by atoms with Crippen LogP contribution in [0.25, 0.3) is 17.2 Å². The largest absolute Gasteiger partial charge is 0.505 e. The van der Waals surface area contributed by atoms with Crippen molar-refractivity contribution in [2.24, 2.45) is 0 Å². The summed E-state index contributed by atoms with van der Waals surface area (Å²) in [5, 5.41) is 12.3. The molecule has 2 aromatic carbocycles. The van der Waals surface area contributed by atoms with Gasteiger partial charge in [-0.05, 0) is 42.3 Å². The molecule has 1 aliphatic rings. The lowest BCUT2D eigenvalue weighted by Crippen LogP contribution is -2.33. The van der Waals surface area contributed by atoms with E-state index in [4.69, 9.17) is 10.7 Å². The van der Waals surface area contributed by atoms with Gasteiger partial charge in [-0.3, -0.25) is 4.79 Å². The number of nitrogens with two attached hydrogens (primary N) is 1. The number of benzene rings is 2. The van der Waals surface area contributed by atoms with E-state index in [1.807, 2.05) is 0 Å². The Bertz CT molecular complexity index is 1720. The molecule has 3 aromatic heterocycles. The lowest BCUT2D eigenvalue weighted by Gasteiger charge is -2.23. The smallest absolute Gasteiger partial charge is 0.240 e. The van der Waals surface area contributed by atoms with Crippen molar-refractivity contribution in [1.82, 2.24) is 24.3 Å². The van der Waals surface area contributed by atoms with Crippen LogP contribution in [0.1, 0.15) is 29.3 Å². The second-order valence-corrected chi connectivity index (χ2v) is 8.94. The van der Waals surface area contributed by atoms with Crippen LogP contribution < -0.4 is 11.1 Å². The number of aromatic hydroxyl groups is 1. The number of rotatable bonds is 4. The Morgan fingerprint density at radius 2 is 1.89 bits per heavy atom. The zero-order chi connectivity index (χ0) is 25.9. The zero-order valence-corrected chi connectivity index (χ0v) is 19.4. The van der Waals surface area contributed by atoms with Gasteiger partial charge in [0.2, 0.25) is 5.91 Å². The van der Waals surface area contributed by atoms with Crippen molar-refractivity contribution < 1.29 is 18.7 Å². The molecule has 0 saturated heterocycles. The minimum absolute atomic E-state index is 0.0296. The Morgan fingerprint density at radius 3 is 2.65 bits per heavy atom. The van der Waals surface area contributed by atoms with E-state index in [-0.39, 0.29) is 23.3 Å². The number of anilines is 2. The number of hydrogen-bond donors (Lipinski definition) is 3. The summed E-state index contributed by atoms with van der Waals surface area (Å²) in [6.45, 7) is 1.59. The predicted molar refractivity (Wildman–Crippen MR) is 131 cm³/mol. The summed E-state index contributed by atoms with van der Waals surface area (Å²) in [6.07, 6.45) is 5.47. The first-order chi connectivity index (χ1) is 17.7. The van der Waals surface area contributed by atoms with Crippen molar-refractivity contribution in [2.45, 2.75) is 18.8 Å². The van der Waals surface area contributed by atoms with Crippen molar-refractivity contribution in [1.29, 1.82) is 0 Å². The van der Waals surface area contributed by atoms with Gasteiger partial charge in [0.15, 0.2) is 23.0 Å². The number of fused-ring (bicyclic) bond motifs is 2. The summed E-state index contributed by atoms with van der Waals surface area (Å²) in [7, 11) is 0. The maximum atomic E-state index is 14.1. The molecule has 11 heteroatoms. The van der Waals surface area contributed by atoms with Crippen molar-refractivity contribution in [3.05, 3.63) is 95.1 Å². The fourth-order valence-electron chi connectivity index (χ4n) is 4.63. The number of imidazole rings is 1. The van der Waals surface area contributed by atoms with Crippen molar-refractivity contribution in [3.63, 3.8) is 0 Å². The first-order valence-electron chi connectivity index (χ1n) is 11.3. The SMILES string of the molecule is C[C@@]1(c2ccc(O)c(F)c2)C(=O)Nc2nc(-c3cn4ccnc4c(Cc4ccc(F)cc4)n3)nc(N)c21. The van der Waals surface area contributed by atoms with E-state index >= 15 is 0 Å². The number of amides is 1. The fourth-order valence-corrected chi connectivity index (χ4v) is 4.63. The maximum absolute atomic E-state index is 14.1. The lowest BCUT2D eigenvalue weighted by atomic mass is 9.77. The molecule has 0 saturated carbocycles. The van der Waals surface area contributed by atoms with Gasteiger partial charge in [0, 0.05) is 25.0 Å². The van der Waals surface area contributed by atoms with Crippen LogP contribution in [-0.2, 0) is 16.6 Å². The Balaban J connectivity index is 1.45. The number of nitrogens with zero attached hydrogens (tertiary/aromatic N) is 5. The number of carbonyl (C=O) groups excluding carboxylic acids is 1. The molecule has 6 rings (SSSR count). The van der Waals surface area contributed by atoms with Gasteiger partial charge in [0.05, 0.1) is 11.3 Å². The average molecular weight is 499 g/mol. The summed E-state index contributed by atoms with van der Waals surface area (Å²) in [5.74, 6) is -1.78. The first kappa shape index (κ1) is 22.5. The number of phenols is 1. The Labute approximate surface area is 208 Å². The van der Waals surface area contributed by atoms with Gasteiger partial charge in [0.1, 0.15) is 28.6 Å². The number of carbonyl (C=O) groups is 1. The van der Waals surface area contributed by atoms with E-state index < -0.39 is 22.9 Å². The number of nitrogen functional groups attached to an aromatic ring is 1. The molecular weight excluding hydrogens is 480 g/mol. The van der Waals surface area contributed by atoms with E-state index in [0.29, 0.717) is 34.6 Å². The maximum Gasteiger partial charge on any atom is 0.240 e. The third kappa shape index (κ3) is 3.54. The molecule has 0 radical (unpaired) electrons. The summed E-state index contributed by atoms with van der Waals surface area (Å²) < 4.78 is 29.3. The van der Waals surface area contributed by atoms with Crippen LogP contribution in [0.15, 0.2) is 61.1 Å². The molecule has 184 valence electrons. The van der Waals surface area contributed by atoms with Crippen LogP contribution in [0.4, 0.5) is 20.4 Å². The highest BCUT2D eigenvalue weighted by Crippen LogP contribution is 2.45. The second kappa shape index (κ2) is 8.05. The number of phenolic OH excluding ortho intramolecular Hbond substituents is 1. The normalized spacial score (nSPS) is 16.7. The molecule has 9 nitrogen and oxygen atoms in total. The summed E-state index contributed by atoms with van der Waals surface area (Å²) >= 11 is 0. The van der Waals surface area contributed by atoms with Crippen LogP contribution in [0.5, 0.6) is 5.75 Å². The van der Waals surface area contributed by atoms with E-state index in [2.05, 4.69) is 20.3 Å². The van der Waals surface area contributed by atoms with E-state index in [0.717, 1.165) is 11.6 Å². The first-order valence-corrected chi connectivity index (χ1v) is 11.3. The number of aromatic nitrogens is 5. The quantitative estimate of drug-likeness (QED) is 0.344. The molecule has 1 aliphatic heterocycles. The molecule has 0 bridgehead atoms. The molecule has 0 fully saturated rings. The molecule has 0 spiro atoms. The third-order valence-electron chi connectivity index (χ3n) is 6.61. The highest BCUT2D eigenvalue weighted by molar-refractivity contribution is 6.09. The molecule has 37 heavy (non-hydrogen) atoms. The van der Waals surface area contributed by atoms with Crippen LogP contribution >= 0.6 is 0 Å². The molecule has 0 unspecified atom stereocenters. The zero-order valence-electron chi connectivity index (χ0n) is 19.4. The average Bonchev–Trinajstić information content (AvgIpc) is 3.45. The molecule has 1 atom stereocenters. The van der Waals surface area contributed by atoms with Crippen LogP contribution in [0, 0.1) is 11.6 Å². The lowest BCUT2D eigenvalue weighted by molar-refractivity contribution is -0.119. The molecule has 1 amide bonds. The monoisotopic (exact) mass is 499 g/mol. The summed E-state index contributed by atoms with van der Waals surface area (Å²) in [6, 6.07) is 9.84. The van der Waals surface area contributed by atoms with Gasteiger partial charge in [-0.15, -0.1) is 0 Å². The Kier molecular flexibility index (Phi) is 4.90. The van der Waals surface area contributed by atoms with Crippen LogP contribution in [0.3, 0.4) is 0 Å². The molecule has 5 aromatic rings. The standard InChI is InChI=1S/C26H19F2N7O2/c1-26(14-4-7-19(36)16(28)11-14)20-21(29)32-22(33-23(20)34-25(26)37)18-12-35-9-8-30-24(35)17(31-18)10-13-2-5-15(27)6-3-13/h2-9,11-12,36H,10H2,1H3,(H3,29,32,33,34,37)/t26-/m0/s1. The Morgan fingerprint density at radius 1 is 1.11 bits per heavy atom. The van der Waals surface area contributed by atoms with Gasteiger partial charge in [0.25, 0.3) is 0 Å². The summed E-state index contributed by atoms with van der Waals surface area (Å²) in [4.78, 5) is 31.2. The fraction of sp³-hybridized carbons (Fsp3) is 0.115. The van der Waals surface area contributed by atoms with Crippen LogP contribution in [0.2, 0.25) is 0 Å².